The number of halogens is 2. The van der Waals surface area contributed by atoms with E-state index in [1.165, 1.54) is 10.6 Å². The van der Waals surface area contributed by atoms with Gasteiger partial charge in [-0.3, -0.25) is 9.89 Å². The summed E-state index contributed by atoms with van der Waals surface area (Å²) in [6, 6.07) is 11.5. The third-order valence-corrected chi connectivity index (χ3v) is 5.69. The average molecular weight is 419 g/mol. The smallest absolute Gasteiger partial charge is 0.274 e. The molecule has 0 spiro atoms. The zero-order valence-electron chi connectivity index (χ0n) is 14.2. The van der Waals surface area contributed by atoms with Crippen LogP contribution in [-0.4, -0.2) is 23.9 Å². The van der Waals surface area contributed by atoms with Gasteiger partial charge in [-0.05, 0) is 16.5 Å². The van der Waals surface area contributed by atoms with Gasteiger partial charge in [-0.1, -0.05) is 65.7 Å². The Bertz CT molecular complexity index is 1090. The first-order valence-electron chi connectivity index (χ1n) is 8.39. The van der Waals surface area contributed by atoms with E-state index in [0.29, 0.717) is 35.9 Å². The van der Waals surface area contributed by atoms with E-state index in [0.717, 1.165) is 10.5 Å². The van der Waals surface area contributed by atoms with Gasteiger partial charge in [0.25, 0.3) is 11.3 Å². The maximum atomic E-state index is 12.4. The van der Waals surface area contributed by atoms with E-state index < -0.39 is 4.33 Å². The molecule has 138 valence electrons. The van der Waals surface area contributed by atoms with Gasteiger partial charge in [-0.2, -0.15) is 9.50 Å². The third kappa shape index (κ3) is 4.46. The van der Waals surface area contributed by atoms with E-state index >= 15 is 0 Å². The number of H-pyrrole nitrogens is 1. The van der Waals surface area contributed by atoms with Crippen molar-refractivity contribution in [2.75, 3.05) is 0 Å². The molecule has 1 N–H and O–H groups in total. The molecule has 2 heterocycles. The van der Waals surface area contributed by atoms with Crippen LogP contribution in [0.25, 0.3) is 5.78 Å². The minimum absolute atomic E-state index is 0.177. The molecule has 0 atom stereocenters. The van der Waals surface area contributed by atoms with E-state index in [1.54, 1.807) is 17.8 Å². The fourth-order valence-corrected chi connectivity index (χ4v) is 4.40. The number of fused-ring (bicyclic) bond motifs is 1. The van der Waals surface area contributed by atoms with Crippen molar-refractivity contribution in [3.63, 3.8) is 0 Å². The van der Waals surface area contributed by atoms with E-state index in [4.69, 9.17) is 23.2 Å². The Kier molecular flexibility index (Phi) is 5.12. The molecular formula is C19H16Cl2N4OS. The lowest BCUT2D eigenvalue weighted by Gasteiger charge is -2.19. The molecule has 0 amide bonds. The lowest BCUT2D eigenvalue weighted by atomic mass is 10.1. The van der Waals surface area contributed by atoms with Gasteiger partial charge in [0.15, 0.2) is 0 Å². The van der Waals surface area contributed by atoms with E-state index in [9.17, 15) is 4.79 Å². The number of alkyl halides is 2. The van der Waals surface area contributed by atoms with Crippen LogP contribution in [0.2, 0.25) is 0 Å². The second kappa shape index (κ2) is 7.54. The molecule has 0 aliphatic heterocycles. The number of allylic oxidation sites excluding steroid dienone is 4. The first-order valence-corrected chi connectivity index (χ1v) is 10.1. The molecule has 0 unspecified atom stereocenters. The number of benzene rings is 1. The second-order valence-electron chi connectivity index (χ2n) is 6.27. The molecule has 1 aliphatic rings. The van der Waals surface area contributed by atoms with Crippen LogP contribution in [0.5, 0.6) is 0 Å². The Morgan fingerprint density at radius 2 is 2.04 bits per heavy atom. The van der Waals surface area contributed by atoms with Crippen molar-refractivity contribution in [1.29, 1.82) is 0 Å². The van der Waals surface area contributed by atoms with Gasteiger partial charge in [-0.15, -0.1) is 11.8 Å². The van der Waals surface area contributed by atoms with Crippen molar-refractivity contribution >= 4 is 40.7 Å². The summed E-state index contributed by atoms with van der Waals surface area (Å²) in [5, 5.41) is 3.02. The van der Waals surface area contributed by atoms with E-state index in [-0.39, 0.29) is 5.56 Å². The van der Waals surface area contributed by atoms with Gasteiger partial charge in [-0.25, -0.2) is 4.98 Å². The molecule has 2 aromatic heterocycles. The van der Waals surface area contributed by atoms with Crippen LogP contribution >= 0.6 is 35.0 Å². The Hall–Kier alpha value is -2.02. The molecule has 0 saturated heterocycles. The first kappa shape index (κ1) is 18.3. The number of hydrogen-bond acceptors (Lipinski definition) is 4. The van der Waals surface area contributed by atoms with Crippen molar-refractivity contribution in [3.05, 3.63) is 87.0 Å². The average Bonchev–Trinajstić information content (AvgIpc) is 3.03. The summed E-state index contributed by atoms with van der Waals surface area (Å²) in [7, 11) is 0. The summed E-state index contributed by atoms with van der Waals surface area (Å²) in [6.45, 7) is 0. The van der Waals surface area contributed by atoms with Gasteiger partial charge in [0.2, 0.25) is 0 Å². The summed E-state index contributed by atoms with van der Waals surface area (Å²) in [5.41, 5.74) is 1.61. The molecule has 0 bridgehead atoms. The number of nitrogens with one attached hydrogen (secondary N) is 1. The Balaban J connectivity index is 1.52. The van der Waals surface area contributed by atoms with E-state index in [2.05, 4.69) is 15.1 Å². The largest absolute Gasteiger partial charge is 0.275 e. The van der Waals surface area contributed by atoms with Gasteiger partial charge in [0.05, 0.1) is 5.69 Å². The number of rotatable bonds is 5. The Labute approximate surface area is 170 Å². The molecule has 1 aliphatic carbocycles. The SMILES string of the molecule is O=c1cc(CSC2=CC=CC(Cl)(Cl)C2)nc2nc(Cc3ccccc3)[nH]n12. The van der Waals surface area contributed by atoms with Crippen LogP contribution in [0.4, 0.5) is 0 Å². The summed E-state index contributed by atoms with van der Waals surface area (Å²) in [5.74, 6) is 1.63. The van der Waals surface area contributed by atoms with Crippen LogP contribution in [-0.2, 0) is 12.2 Å². The Morgan fingerprint density at radius 1 is 1.22 bits per heavy atom. The summed E-state index contributed by atoms with van der Waals surface area (Å²) in [4.78, 5) is 22.4. The fraction of sp³-hybridized carbons (Fsp3) is 0.211. The van der Waals surface area contributed by atoms with Crippen molar-refractivity contribution in [1.82, 2.24) is 19.6 Å². The highest BCUT2D eigenvalue weighted by Crippen LogP contribution is 2.38. The van der Waals surface area contributed by atoms with Crippen molar-refractivity contribution in [2.24, 2.45) is 0 Å². The van der Waals surface area contributed by atoms with Crippen LogP contribution in [0.15, 0.2) is 64.3 Å². The quantitative estimate of drug-likeness (QED) is 0.628. The number of nitrogens with zero attached hydrogens (tertiary/aromatic N) is 3. The first-order chi connectivity index (χ1) is 13.0. The second-order valence-corrected chi connectivity index (χ2v) is 8.92. The lowest BCUT2D eigenvalue weighted by Crippen LogP contribution is -2.16. The van der Waals surface area contributed by atoms with Crippen LogP contribution in [0.1, 0.15) is 23.5 Å². The molecule has 27 heavy (non-hydrogen) atoms. The molecule has 0 saturated carbocycles. The van der Waals surface area contributed by atoms with Crippen LogP contribution < -0.4 is 5.56 Å². The molecule has 0 fully saturated rings. The predicted molar refractivity (Wildman–Crippen MR) is 110 cm³/mol. The van der Waals surface area contributed by atoms with Crippen LogP contribution in [0, 0.1) is 0 Å². The van der Waals surface area contributed by atoms with Crippen molar-refractivity contribution < 1.29 is 0 Å². The number of thioether (sulfide) groups is 1. The van der Waals surface area contributed by atoms with E-state index in [1.807, 2.05) is 42.5 Å². The minimum Gasteiger partial charge on any atom is -0.275 e. The molecule has 5 nitrogen and oxygen atoms in total. The lowest BCUT2D eigenvalue weighted by molar-refractivity contribution is 0.856. The Morgan fingerprint density at radius 3 is 2.81 bits per heavy atom. The summed E-state index contributed by atoms with van der Waals surface area (Å²) >= 11 is 13.9. The van der Waals surface area contributed by atoms with Crippen molar-refractivity contribution in [3.8, 4) is 0 Å². The molecule has 4 rings (SSSR count). The number of aromatic amines is 1. The molecule has 3 aromatic rings. The van der Waals surface area contributed by atoms with Gasteiger partial charge in [0, 0.05) is 24.7 Å². The predicted octanol–water partition coefficient (Wildman–Crippen LogP) is 4.26. The van der Waals surface area contributed by atoms with Gasteiger partial charge < -0.3 is 0 Å². The van der Waals surface area contributed by atoms with Crippen molar-refractivity contribution in [2.45, 2.75) is 22.9 Å². The molecule has 1 aromatic carbocycles. The monoisotopic (exact) mass is 418 g/mol. The fourth-order valence-electron chi connectivity index (χ4n) is 2.83. The highest BCUT2D eigenvalue weighted by molar-refractivity contribution is 8.02. The number of aromatic nitrogens is 4. The molecular weight excluding hydrogens is 403 g/mol. The highest BCUT2D eigenvalue weighted by Gasteiger charge is 2.24. The normalized spacial score (nSPS) is 15.9. The van der Waals surface area contributed by atoms with Gasteiger partial charge >= 0.3 is 0 Å². The molecule has 0 radical (unpaired) electrons. The third-order valence-electron chi connectivity index (χ3n) is 4.08. The molecule has 8 heteroatoms. The topological polar surface area (TPSA) is 63.0 Å². The zero-order valence-corrected chi connectivity index (χ0v) is 16.6. The number of hydrogen-bond donors (Lipinski definition) is 1. The maximum absolute atomic E-state index is 12.4. The standard InChI is InChI=1S/C19H16Cl2N4OS/c20-19(21)8-4-7-15(11-19)27-12-14-10-17(26)25-18(22-14)23-16(24-25)9-13-5-2-1-3-6-13/h1-8,10H,9,11-12H2,(H,22,23,24). The summed E-state index contributed by atoms with van der Waals surface area (Å²) in [6.07, 6.45) is 6.74. The summed E-state index contributed by atoms with van der Waals surface area (Å²) < 4.78 is 0.500. The minimum atomic E-state index is -0.872. The van der Waals surface area contributed by atoms with Gasteiger partial charge in [0.1, 0.15) is 10.2 Å². The zero-order chi connectivity index (χ0) is 18.9. The van der Waals surface area contributed by atoms with Crippen LogP contribution in [0.3, 0.4) is 0 Å². The highest BCUT2D eigenvalue weighted by atomic mass is 35.5. The maximum Gasteiger partial charge on any atom is 0.274 e.